The lowest BCUT2D eigenvalue weighted by Crippen LogP contribution is -2.49. The Morgan fingerprint density at radius 1 is 0.950 bits per heavy atom. The molecule has 0 atom stereocenters. The fourth-order valence-electron chi connectivity index (χ4n) is 5.41. The largest absolute Gasteiger partial charge is 0.496 e. The number of hydrogen-bond donors (Lipinski definition) is 0. The van der Waals surface area contributed by atoms with E-state index in [-0.39, 0.29) is 11.9 Å². The molecule has 40 heavy (non-hydrogen) atoms. The van der Waals surface area contributed by atoms with Gasteiger partial charge in [0.15, 0.2) is 11.5 Å². The van der Waals surface area contributed by atoms with Crippen LogP contribution in [-0.4, -0.2) is 82.0 Å². The maximum absolute atomic E-state index is 13.6. The van der Waals surface area contributed by atoms with E-state index in [1.165, 1.54) is 19.3 Å². The van der Waals surface area contributed by atoms with Gasteiger partial charge >= 0.3 is 6.03 Å². The van der Waals surface area contributed by atoms with Gasteiger partial charge in [-0.2, -0.15) is 0 Å². The number of carbonyl (C=O) groups excluding carboxylic acids is 2. The lowest BCUT2D eigenvalue weighted by molar-refractivity contribution is -0.134. The van der Waals surface area contributed by atoms with Gasteiger partial charge in [0.05, 0.1) is 47.0 Å². The number of ether oxygens (including phenoxy) is 4. The first kappa shape index (κ1) is 28.1. The summed E-state index contributed by atoms with van der Waals surface area (Å²) in [4.78, 5) is 31.8. The Balaban J connectivity index is 1.23. The summed E-state index contributed by atoms with van der Waals surface area (Å²) in [7, 11) is 3.26. The third-order valence-electron chi connectivity index (χ3n) is 7.91. The van der Waals surface area contributed by atoms with Crippen LogP contribution in [0, 0.1) is 5.92 Å². The highest BCUT2D eigenvalue weighted by atomic mass is 16.5. The van der Waals surface area contributed by atoms with Crippen molar-refractivity contribution in [3.8, 4) is 17.2 Å². The Hall–Kier alpha value is -3.46. The van der Waals surface area contributed by atoms with Crippen LogP contribution in [0.1, 0.15) is 43.2 Å². The van der Waals surface area contributed by atoms with Gasteiger partial charge in [-0.05, 0) is 48.9 Å². The number of methoxy groups -OCH3 is 2. The molecule has 0 bridgehead atoms. The van der Waals surface area contributed by atoms with E-state index in [1.54, 1.807) is 14.2 Å². The van der Waals surface area contributed by atoms with Crippen LogP contribution in [0.4, 0.5) is 10.5 Å². The molecular weight excluding hydrogens is 510 g/mol. The molecule has 2 saturated heterocycles. The monoisotopic (exact) mass is 551 g/mol. The van der Waals surface area contributed by atoms with Crippen molar-refractivity contribution in [2.45, 2.75) is 45.1 Å². The van der Waals surface area contributed by atoms with Crippen molar-refractivity contribution in [3.63, 3.8) is 0 Å². The van der Waals surface area contributed by atoms with Gasteiger partial charge in [0.2, 0.25) is 5.91 Å². The minimum absolute atomic E-state index is 0.0512. The molecule has 9 heteroatoms. The van der Waals surface area contributed by atoms with E-state index in [0.29, 0.717) is 76.2 Å². The number of anilines is 1. The maximum Gasteiger partial charge on any atom is 0.324 e. The van der Waals surface area contributed by atoms with Gasteiger partial charge in [0, 0.05) is 43.5 Å². The summed E-state index contributed by atoms with van der Waals surface area (Å²) in [6.07, 6.45) is 6.08. The lowest BCUT2D eigenvalue weighted by atomic mass is 10.1. The standard InChI is InChI=1S/C31H41N3O6/c1-37-27-11-10-26(21-29(27)40-16-3-5-23-6-7-23)34-13-4-12-33(31(34)36)22-25-9-8-24(19-28(25)38-2)20-30(35)32-14-17-39-18-15-32/h8-11,19,21,23H,3-7,12-18,20,22H2,1-2H3. The molecule has 216 valence electrons. The first-order chi connectivity index (χ1) is 19.6. The van der Waals surface area contributed by atoms with Gasteiger partial charge < -0.3 is 28.7 Å². The van der Waals surface area contributed by atoms with E-state index in [1.807, 2.05) is 51.1 Å². The van der Waals surface area contributed by atoms with E-state index in [9.17, 15) is 9.59 Å². The molecule has 0 N–H and O–H groups in total. The fourth-order valence-corrected chi connectivity index (χ4v) is 5.41. The van der Waals surface area contributed by atoms with Crippen LogP contribution in [0.5, 0.6) is 17.2 Å². The molecule has 9 nitrogen and oxygen atoms in total. The van der Waals surface area contributed by atoms with E-state index >= 15 is 0 Å². The number of carbonyl (C=O) groups is 2. The van der Waals surface area contributed by atoms with Gasteiger partial charge in [-0.25, -0.2) is 4.79 Å². The normalized spacial score (nSPS) is 17.6. The SMILES string of the molecule is COc1cc(CC(=O)N2CCOCC2)ccc1CN1CCCN(c2ccc(OC)c(OCCCC3CC3)c2)C1=O. The Bertz CT molecular complexity index is 1180. The van der Waals surface area contributed by atoms with Crippen LogP contribution in [-0.2, 0) is 22.5 Å². The van der Waals surface area contributed by atoms with Gasteiger partial charge in [-0.1, -0.05) is 25.0 Å². The van der Waals surface area contributed by atoms with Crippen LogP contribution < -0.4 is 19.1 Å². The number of rotatable bonds is 12. The number of hydrogen-bond acceptors (Lipinski definition) is 6. The topological polar surface area (TPSA) is 80.8 Å². The van der Waals surface area contributed by atoms with E-state index < -0.39 is 0 Å². The smallest absolute Gasteiger partial charge is 0.324 e. The Labute approximate surface area is 236 Å². The van der Waals surface area contributed by atoms with Crippen LogP contribution in [0.15, 0.2) is 36.4 Å². The van der Waals surface area contributed by atoms with E-state index in [2.05, 4.69) is 0 Å². The molecule has 0 aromatic heterocycles. The van der Waals surface area contributed by atoms with Crippen molar-refractivity contribution in [1.82, 2.24) is 9.80 Å². The Morgan fingerprint density at radius 3 is 2.50 bits per heavy atom. The predicted octanol–water partition coefficient (Wildman–Crippen LogP) is 4.51. The van der Waals surface area contributed by atoms with Crippen LogP contribution >= 0.6 is 0 Å². The number of nitrogens with zero attached hydrogens (tertiary/aromatic N) is 3. The minimum Gasteiger partial charge on any atom is -0.496 e. The highest BCUT2D eigenvalue weighted by Crippen LogP contribution is 2.36. The lowest BCUT2D eigenvalue weighted by Gasteiger charge is -2.36. The van der Waals surface area contributed by atoms with Gasteiger partial charge in [-0.3, -0.25) is 9.69 Å². The second-order valence-electron chi connectivity index (χ2n) is 10.8. The first-order valence-electron chi connectivity index (χ1n) is 14.4. The molecule has 1 saturated carbocycles. The molecule has 5 rings (SSSR count). The maximum atomic E-state index is 13.6. The molecule has 3 aliphatic rings. The van der Waals surface area contributed by atoms with Crippen molar-refractivity contribution >= 4 is 17.6 Å². The highest BCUT2D eigenvalue weighted by molar-refractivity contribution is 5.93. The van der Waals surface area contributed by atoms with Crippen molar-refractivity contribution in [1.29, 1.82) is 0 Å². The predicted molar refractivity (Wildman–Crippen MR) is 152 cm³/mol. The number of amides is 3. The molecule has 2 aliphatic heterocycles. The Morgan fingerprint density at radius 2 is 1.75 bits per heavy atom. The van der Waals surface area contributed by atoms with Gasteiger partial charge in [0.25, 0.3) is 0 Å². The molecule has 2 aromatic carbocycles. The average Bonchev–Trinajstić information content (AvgIpc) is 3.82. The molecule has 3 amide bonds. The summed E-state index contributed by atoms with van der Waals surface area (Å²) in [5.41, 5.74) is 2.61. The molecule has 0 unspecified atom stereocenters. The minimum atomic E-state index is -0.0512. The molecule has 2 heterocycles. The highest BCUT2D eigenvalue weighted by Gasteiger charge is 2.28. The van der Waals surface area contributed by atoms with E-state index in [4.69, 9.17) is 18.9 Å². The van der Waals surface area contributed by atoms with E-state index in [0.717, 1.165) is 35.6 Å². The second-order valence-corrected chi connectivity index (χ2v) is 10.8. The summed E-state index contributed by atoms with van der Waals surface area (Å²) in [6.45, 7) is 4.80. The summed E-state index contributed by atoms with van der Waals surface area (Å²) in [5.74, 6) is 2.99. The second kappa shape index (κ2) is 13.3. The third kappa shape index (κ3) is 6.99. The number of benzene rings is 2. The molecule has 1 aliphatic carbocycles. The summed E-state index contributed by atoms with van der Waals surface area (Å²) in [5, 5.41) is 0. The quantitative estimate of drug-likeness (QED) is 0.361. The Kier molecular flexibility index (Phi) is 9.31. The molecular formula is C31H41N3O6. The summed E-state index contributed by atoms with van der Waals surface area (Å²) < 4.78 is 22.6. The fraction of sp³-hybridized carbons (Fsp3) is 0.548. The average molecular weight is 552 g/mol. The van der Waals surface area contributed by atoms with Crippen molar-refractivity contribution in [2.75, 3.05) is 65.1 Å². The zero-order valence-corrected chi connectivity index (χ0v) is 23.7. The molecule has 0 spiro atoms. The first-order valence-corrected chi connectivity index (χ1v) is 14.4. The zero-order chi connectivity index (χ0) is 27.9. The van der Waals surface area contributed by atoms with Gasteiger partial charge in [0.1, 0.15) is 5.75 Å². The zero-order valence-electron chi connectivity index (χ0n) is 23.7. The molecule has 3 fully saturated rings. The number of morpholine rings is 1. The molecule has 0 radical (unpaired) electrons. The van der Waals surface area contributed by atoms with Crippen LogP contribution in [0.2, 0.25) is 0 Å². The van der Waals surface area contributed by atoms with Crippen LogP contribution in [0.3, 0.4) is 0 Å². The van der Waals surface area contributed by atoms with Crippen molar-refractivity contribution < 1.29 is 28.5 Å². The third-order valence-corrected chi connectivity index (χ3v) is 7.91. The van der Waals surface area contributed by atoms with Crippen molar-refractivity contribution in [2.24, 2.45) is 5.92 Å². The summed E-state index contributed by atoms with van der Waals surface area (Å²) >= 11 is 0. The van der Waals surface area contributed by atoms with Crippen molar-refractivity contribution in [3.05, 3.63) is 47.5 Å². The summed E-state index contributed by atoms with van der Waals surface area (Å²) in [6, 6.07) is 11.5. The number of urea groups is 1. The molecule has 2 aromatic rings. The van der Waals surface area contributed by atoms with Gasteiger partial charge in [-0.15, -0.1) is 0 Å². The van der Waals surface area contributed by atoms with Crippen LogP contribution in [0.25, 0.3) is 0 Å².